The van der Waals surface area contributed by atoms with Crippen molar-refractivity contribution < 1.29 is 0 Å². The van der Waals surface area contributed by atoms with E-state index in [1.54, 1.807) is 18.7 Å². The Labute approximate surface area is 109 Å². The molecule has 0 fully saturated rings. The van der Waals surface area contributed by atoms with Crippen LogP contribution in [0.5, 0.6) is 0 Å². The van der Waals surface area contributed by atoms with Gasteiger partial charge in [0.25, 0.3) is 0 Å². The molecule has 0 saturated carbocycles. The molecule has 1 N–H and O–H groups in total. The van der Waals surface area contributed by atoms with E-state index in [1.807, 2.05) is 11.3 Å². The Kier molecular flexibility index (Phi) is 3.07. The molecule has 0 amide bonds. The van der Waals surface area contributed by atoms with Crippen LogP contribution in [0.1, 0.15) is 0 Å². The van der Waals surface area contributed by atoms with E-state index in [0.29, 0.717) is 0 Å². The van der Waals surface area contributed by atoms with Crippen LogP contribution in [-0.4, -0.2) is 9.97 Å². The Bertz CT molecular complexity index is 674. The first-order valence-corrected chi connectivity index (χ1v) is 6.56. The van der Waals surface area contributed by atoms with Crippen LogP contribution in [0, 0.1) is 0 Å². The molecule has 2 nitrogen and oxygen atoms in total. The number of imidazole rings is 1. The first kappa shape index (κ1) is 11.0. The second-order valence-electron chi connectivity index (χ2n) is 3.85. The first-order chi connectivity index (χ1) is 8.95. The molecule has 4 rings (SSSR count). The summed E-state index contributed by atoms with van der Waals surface area (Å²) in [6, 6.07) is 17.1. The van der Waals surface area contributed by atoms with Gasteiger partial charge in [-0.05, 0) is 12.1 Å². The molecular weight excluding hydrogens is 240 g/mol. The summed E-state index contributed by atoms with van der Waals surface area (Å²) in [6.07, 6.45) is 5.08. The smallest absolute Gasteiger partial charge is 0.0919 e. The summed E-state index contributed by atoms with van der Waals surface area (Å²) >= 11 is 1.86. The summed E-state index contributed by atoms with van der Waals surface area (Å²) in [7, 11) is 0. The molecule has 2 aromatic carbocycles. The third-order valence-electron chi connectivity index (χ3n) is 2.69. The molecule has 0 aliphatic rings. The summed E-state index contributed by atoms with van der Waals surface area (Å²) in [5.41, 5.74) is 0. The molecule has 0 bridgehead atoms. The lowest BCUT2D eigenvalue weighted by atomic mass is 10.2. The number of benzene rings is 2. The molecule has 2 aromatic heterocycles. The van der Waals surface area contributed by atoms with Gasteiger partial charge in [-0.15, -0.1) is 11.3 Å². The van der Waals surface area contributed by atoms with Gasteiger partial charge in [-0.3, -0.25) is 0 Å². The highest BCUT2D eigenvalue weighted by molar-refractivity contribution is 7.25. The van der Waals surface area contributed by atoms with Gasteiger partial charge in [0.05, 0.1) is 6.33 Å². The van der Waals surface area contributed by atoms with E-state index in [2.05, 4.69) is 58.5 Å². The average Bonchev–Trinajstić information content (AvgIpc) is 3.10. The predicted octanol–water partition coefficient (Wildman–Crippen LogP) is 4.46. The molecule has 2 heterocycles. The fourth-order valence-electron chi connectivity index (χ4n) is 1.89. The topological polar surface area (TPSA) is 28.7 Å². The van der Waals surface area contributed by atoms with Crippen LogP contribution in [0.25, 0.3) is 20.2 Å². The van der Waals surface area contributed by atoms with Crippen molar-refractivity contribution in [1.29, 1.82) is 0 Å². The molecular formula is C15H12N2S. The van der Waals surface area contributed by atoms with Gasteiger partial charge in [-0.1, -0.05) is 36.4 Å². The lowest BCUT2D eigenvalue weighted by Crippen LogP contribution is -1.62. The molecule has 0 radical (unpaired) electrons. The van der Waals surface area contributed by atoms with Crippen LogP contribution in [0.2, 0.25) is 0 Å². The minimum Gasteiger partial charge on any atom is -0.351 e. The zero-order valence-electron chi connectivity index (χ0n) is 9.71. The fraction of sp³-hybridized carbons (Fsp3) is 0. The number of aromatic amines is 1. The minimum absolute atomic E-state index is 1.38. The van der Waals surface area contributed by atoms with E-state index in [1.165, 1.54) is 20.2 Å². The van der Waals surface area contributed by atoms with Crippen molar-refractivity contribution in [3.8, 4) is 0 Å². The minimum atomic E-state index is 1.38. The van der Waals surface area contributed by atoms with Gasteiger partial charge in [-0.2, -0.15) is 0 Å². The number of nitrogens with zero attached hydrogens (tertiary/aromatic N) is 1. The van der Waals surface area contributed by atoms with Gasteiger partial charge >= 0.3 is 0 Å². The zero-order chi connectivity index (χ0) is 12.2. The van der Waals surface area contributed by atoms with E-state index in [-0.39, 0.29) is 0 Å². The maximum absolute atomic E-state index is 3.67. The largest absolute Gasteiger partial charge is 0.351 e. The number of hydrogen-bond donors (Lipinski definition) is 1. The molecule has 3 heteroatoms. The van der Waals surface area contributed by atoms with Crippen molar-refractivity contribution in [1.82, 2.24) is 9.97 Å². The van der Waals surface area contributed by atoms with E-state index in [0.717, 1.165) is 0 Å². The third kappa shape index (κ3) is 2.13. The maximum atomic E-state index is 3.67. The van der Waals surface area contributed by atoms with Crippen molar-refractivity contribution in [3.05, 3.63) is 67.3 Å². The zero-order valence-corrected chi connectivity index (χ0v) is 10.5. The van der Waals surface area contributed by atoms with Crippen molar-refractivity contribution in [2.75, 3.05) is 0 Å². The number of fused-ring (bicyclic) bond motifs is 3. The Balaban J connectivity index is 0.000000169. The highest BCUT2D eigenvalue weighted by atomic mass is 32.1. The van der Waals surface area contributed by atoms with Crippen molar-refractivity contribution >= 4 is 31.5 Å². The Morgan fingerprint density at radius 2 is 1.44 bits per heavy atom. The molecule has 0 atom stereocenters. The molecule has 0 aliphatic carbocycles. The van der Waals surface area contributed by atoms with Gasteiger partial charge in [0.15, 0.2) is 0 Å². The summed E-state index contributed by atoms with van der Waals surface area (Å²) < 4.78 is 2.76. The van der Waals surface area contributed by atoms with Crippen LogP contribution in [-0.2, 0) is 0 Å². The van der Waals surface area contributed by atoms with E-state index < -0.39 is 0 Å². The highest BCUT2D eigenvalue weighted by Gasteiger charge is 2.01. The summed E-state index contributed by atoms with van der Waals surface area (Å²) in [6.45, 7) is 0. The monoisotopic (exact) mass is 252 g/mol. The lowest BCUT2D eigenvalue weighted by Gasteiger charge is -1.88. The molecule has 0 spiro atoms. The third-order valence-corrected chi connectivity index (χ3v) is 3.84. The molecule has 88 valence electrons. The predicted molar refractivity (Wildman–Crippen MR) is 77.9 cm³/mol. The number of hydrogen-bond acceptors (Lipinski definition) is 2. The van der Waals surface area contributed by atoms with Crippen molar-refractivity contribution in [3.63, 3.8) is 0 Å². The van der Waals surface area contributed by atoms with Crippen LogP contribution < -0.4 is 0 Å². The van der Waals surface area contributed by atoms with E-state index in [9.17, 15) is 0 Å². The molecule has 18 heavy (non-hydrogen) atoms. The maximum Gasteiger partial charge on any atom is 0.0919 e. The quantitative estimate of drug-likeness (QED) is 0.491. The number of rotatable bonds is 0. The van der Waals surface area contributed by atoms with E-state index >= 15 is 0 Å². The molecule has 0 aliphatic heterocycles. The second kappa shape index (κ2) is 5.02. The van der Waals surface area contributed by atoms with Crippen LogP contribution >= 0.6 is 11.3 Å². The SMILES string of the molecule is c1c[nH]cn1.c1ccc2c(c1)sc1ccccc12. The van der Waals surface area contributed by atoms with Gasteiger partial charge < -0.3 is 4.98 Å². The Morgan fingerprint density at radius 3 is 1.89 bits per heavy atom. The summed E-state index contributed by atoms with van der Waals surface area (Å²) in [4.78, 5) is 6.42. The van der Waals surface area contributed by atoms with Crippen LogP contribution in [0.4, 0.5) is 0 Å². The second-order valence-corrected chi connectivity index (χ2v) is 4.94. The van der Waals surface area contributed by atoms with Gasteiger partial charge in [0.1, 0.15) is 0 Å². The van der Waals surface area contributed by atoms with Crippen LogP contribution in [0.3, 0.4) is 0 Å². The summed E-state index contributed by atoms with van der Waals surface area (Å²) in [5.74, 6) is 0. The molecule has 0 saturated heterocycles. The van der Waals surface area contributed by atoms with Gasteiger partial charge in [0, 0.05) is 32.6 Å². The first-order valence-electron chi connectivity index (χ1n) is 5.74. The molecule has 0 unspecified atom stereocenters. The molecule has 4 aromatic rings. The average molecular weight is 252 g/mol. The number of nitrogens with one attached hydrogen (secondary N) is 1. The van der Waals surface area contributed by atoms with E-state index in [4.69, 9.17) is 0 Å². The summed E-state index contributed by atoms with van der Waals surface area (Å²) in [5, 5.41) is 2.76. The van der Waals surface area contributed by atoms with Crippen molar-refractivity contribution in [2.45, 2.75) is 0 Å². The van der Waals surface area contributed by atoms with Gasteiger partial charge in [-0.25, -0.2) is 4.98 Å². The number of H-pyrrole nitrogens is 1. The lowest BCUT2D eigenvalue weighted by molar-refractivity contribution is 1.31. The number of aromatic nitrogens is 2. The van der Waals surface area contributed by atoms with Crippen LogP contribution in [0.15, 0.2) is 67.3 Å². The van der Waals surface area contributed by atoms with Crippen molar-refractivity contribution in [2.24, 2.45) is 0 Å². The highest BCUT2D eigenvalue weighted by Crippen LogP contribution is 2.32. The number of thiophene rings is 1. The Morgan fingerprint density at radius 1 is 0.833 bits per heavy atom. The Hall–Kier alpha value is -2.13. The normalized spacial score (nSPS) is 10.2. The fourth-order valence-corrected chi connectivity index (χ4v) is 3.00. The standard InChI is InChI=1S/C12H8S.C3H4N2/c1-3-7-11-9(5-1)10-6-2-4-8-12(10)13-11;1-2-5-3-4-1/h1-8H;1-3H,(H,4,5). The van der Waals surface area contributed by atoms with Gasteiger partial charge in [0.2, 0.25) is 0 Å².